The topological polar surface area (TPSA) is 88.0 Å². The van der Waals surface area contributed by atoms with Crippen LogP contribution in [0.25, 0.3) is 0 Å². The summed E-state index contributed by atoms with van der Waals surface area (Å²) >= 11 is 0. The minimum absolute atomic E-state index is 0.119. The first-order valence-electron chi connectivity index (χ1n) is 5.77. The molecule has 0 aliphatic carbocycles. The van der Waals surface area contributed by atoms with Crippen molar-refractivity contribution in [2.75, 3.05) is 0 Å². The molecular formula is C11H21NO5. The van der Waals surface area contributed by atoms with Gasteiger partial charge in [0.25, 0.3) is 0 Å². The molecule has 0 bridgehead atoms. The molecule has 17 heavy (non-hydrogen) atoms. The zero-order valence-corrected chi connectivity index (χ0v) is 10.6. The molecule has 0 aromatic carbocycles. The van der Waals surface area contributed by atoms with Gasteiger partial charge < -0.3 is 25.0 Å². The summed E-state index contributed by atoms with van der Waals surface area (Å²) in [5.74, 6) is -0.278. The predicted octanol–water partition coefficient (Wildman–Crippen LogP) is -0.617. The number of carbonyl (C=O) groups is 1. The van der Waals surface area contributed by atoms with E-state index in [4.69, 9.17) is 9.47 Å². The van der Waals surface area contributed by atoms with E-state index in [1.165, 1.54) is 6.92 Å². The Morgan fingerprint density at radius 3 is 2.41 bits per heavy atom. The van der Waals surface area contributed by atoms with E-state index in [1.807, 2.05) is 13.8 Å². The van der Waals surface area contributed by atoms with Crippen LogP contribution in [0, 0.1) is 0 Å². The quantitative estimate of drug-likeness (QED) is 0.619. The summed E-state index contributed by atoms with van der Waals surface area (Å²) in [5, 5.41) is 22.3. The van der Waals surface area contributed by atoms with Gasteiger partial charge in [0, 0.05) is 6.92 Å². The number of rotatable bonds is 3. The summed E-state index contributed by atoms with van der Waals surface area (Å²) in [7, 11) is 0. The van der Waals surface area contributed by atoms with Gasteiger partial charge in [0.05, 0.1) is 18.2 Å². The van der Waals surface area contributed by atoms with Crippen LogP contribution in [-0.2, 0) is 14.3 Å². The Kier molecular flexibility index (Phi) is 4.88. The van der Waals surface area contributed by atoms with Crippen LogP contribution in [-0.4, -0.2) is 52.9 Å². The molecule has 0 radical (unpaired) electrons. The molecule has 0 spiro atoms. The number of hydrogen-bond acceptors (Lipinski definition) is 5. The molecule has 1 heterocycles. The molecule has 0 unspecified atom stereocenters. The van der Waals surface area contributed by atoms with Crippen molar-refractivity contribution in [1.82, 2.24) is 5.32 Å². The van der Waals surface area contributed by atoms with Crippen LogP contribution >= 0.6 is 0 Å². The van der Waals surface area contributed by atoms with Crippen LogP contribution in [0.3, 0.4) is 0 Å². The van der Waals surface area contributed by atoms with Crippen molar-refractivity contribution in [3.63, 3.8) is 0 Å². The van der Waals surface area contributed by atoms with Crippen LogP contribution in [0.5, 0.6) is 0 Å². The summed E-state index contributed by atoms with van der Waals surface area (Å²) in [4.78, 5) is 11.0. The van der Waals surface area contributed by atoms with Gasteiger partial charge in [-0.2, -0.15) is 0 Å². The highest BCUT2D eigenvalue weighted by molar-refractivity contribution is 5.73. The van der Waals surface area contributed by atoms with Crippen molar-refractivity contribution in [2.45, 2.75) is 64.4 Å². The first kappa shape index (κ1) is 14.4. The van der Waals surface area contributed by atoms with Crippen LogP contribution in [0.2, 0.25) is 0 Å². The molecule has 5 atom stereocenters. The molecule has 6 nitrogen and oxygen atoms in total. The second kappa shape index (κ2) is 5.77. The third-order valence-corrected chi connectivity index (χ3v) is 2.63. The average Bonchev–Trinajstić information content (AvgIpc) is 2.20. The SMILES string of the molecule is CC(=O)N[C@H]1[C@H](O)[C@H](O)[C@@H](OC(C)C)O[C@@H]1C. The first-order valence-corrected chi connectivity index (χ1v) is 5.77. The van der Waals surface area contributed by atoms with Gasteiger partial charge in [-0.15, -0.1) is 0 Å². The fourth-order valence-electron chi connectivity index (χ4n) is 1.85. The van der Waals surface area contributed by atoms with Gasteiger partial charge >= 0.3 is 0 Å². The van der Waals surface area contributed by atoms with Gasteiger partial charge in [0.2, 0.25) is 5.91 Å². The Morgan fingerprint density at radius 1 is 1.35 bits per heavy atom. The average molecular weight is 247 g/mol. The zero-order chi connectivity index (χ0) is 13.2. The minimum Gasteiger partial charge on any atom is -0.388 e. The number of nitrogens with one attached hydrogen (secondary N) is 1. The van der Waals surface area contributed by atoms with Crippen molar-refractivity contribution in [2.24, 2.45) is 0 Å². The molecule has 1 rings (SSSR count). The van der Waals surface area contributed by atoms with E-state index in [0.717, 1.165) is 0 Å². The molecule has 0 aromatic heterocycles. The number of amides is 1. The van der Waals surface area contributed by atoms with Crippen LogP contribution in [0.15, 0.2) is 0 Å². The maximum absolute atomic E-state index is 11.0. The van der Waals surface area contributed by atoms with Gasteiger partial charge in [-0.25, -0.2) is 0 Å². The fourth-order valence-corrected chi connectivity index (χ4v) is 1.85. The second-order valence-corrected chi connectivity index (χ2v) is 4.60. The second-order valence-electron chi connectivity index (χ2n) is 4.60. The smallest absolute Gasteiger partial charge is 0.217 e. The molecule has 1 aliphatic rings. The van der Waals surface area contributed by atoms with E-state index in [-0.39, 0.29) is 12.0 Å². The standard InChI is InChI=1S/C11H21NO5/c1-5(2)16-11-10(15)9(14)8(6(3)17-11)12-7(4)13/h5-6,8-11,14-15H,1-4H3,(H,12,13)/t6-,8-,9+,10+,11+/m1/s1. The van der Waals surface area contributed by atoms with E-state index in [0.29, 0.717) is 0 Å². The molecule has 3 N–H and O–H groups in total. The normalized spacial score (nSPS) is 38.2. The molecular weight excluding hydrogens is 226 g/mol. The third kappa shape index (κ3) is 3.64. The predicted molar refractivity (Wildman–Crippen MR) is 60.2 cm³/mol. The molecule has 0 saturated carbocycles. The summed E-state index contributed by atoms with van der Waals surface area (Å²) in [5.41, 5.74) is 0. The van der Waals surface area contributed by atoms with E-state index < -0.39 is 30.6 Å². The van der Waals surface area contributed by atoms with Crippen molar-refractivity contribution in [1.29, 1.82) is 0 Å². The first-order chi connectivity index (χ1) is 7.82. The highest BCUT2D eigenvalue weighted by Gasteiger charge is 2.43. The van der Waals surface area contributed by atoms with Gasteiger partial charge in [0.15, 0.2) is 6.29 Å². The minimum atomic E-state index is -1.18. The van der Waals surface area contributed by atoms with Crippen LogP contribution in [0.1, 0.15) is 27.7 Å². The van der Waals surface area contributed by atoms with E-state index in [2.05, 4.69) is 5.32 Å². The summed E-state index contributed by atoms with van der Waals surface area (Å²) in [6, 6.07) is -0.630. The lowest BCUT2D eigenvalue weighted by molar-refractivity contribution is -0.281. The molecule has 0 aromatic rings. The Labute approximate surface area is 101 Å². The van der Waals surface area contributed by atoms with Crippen LogP contribution < -0.4 is 5.32 Å². The van der Waals surface area contributed by atoms with E-state index in [9.17, 15) is 15.0 Å². The maximum Gasteiger partial charge on any atom is 0.217 e. The van der Waals surface area contributed by atoms with Gasteiger partial charge in [-0.3, -0.25) is 4.79 Å². The molecule has 1 saturated heterocycles. The van der Waals surface area contributed by atoms with E-state index >= 15 is 0 Å². The Balaban J connectivity index is 2.69. The van der Waals surface area contributed by atoms with Gasteiger partial charge in [-0.1, -0.05) is 0 Å². The van der Waals surface area contributed by atoms with Gasteiger partial charge in [-0.05, 0) is 20.8 Å². The van der Waals surface area contributed by atoms with Crippen LogP contribution in [0.4, 0.5) is 0 Å². The number of carbonyl (C=O) groups excluding carboxylic acids is 1. The monoisotopic (exact) mass is 247 g/mol. The number of aliphatic hydroxyl groups is 2. The van der Waals surface area contributed by atoms with Crippen molar-refractivity contribution >= 4 is 5.91 Å². The van der Waals surface area contributed by atoms with Crippen molar-refractivity contribution in [3.05, 3.63) is 0 Å². The lowest BCUT2D eigenvalue weighted by Gasteiger charge is -2.42. The largest absolute Gasteiger partial charge is 0.388 e. The zero-order valence-electron chi connectivity index (χ0n) is 10.6. The molecule has 1 aliphatic heterocycles. The van der Waals surface area contributed by atoms with Crippen molar-refractivity contribution in [3.8, 4) is 0 Å². The maximum atomic E-state index is 11.0. The summed E-state index contributed by atoms with van der Waals surface area (Å²) < 4.78 is 10.8. The molecule has 100 valence electrons. The summed E-state index contributed by atoms with van der Waals surface area (Å²) in [6.07, 6.45) is -3.70. The summed E-state index contributed by atoms with van der Waals surface area (Å²) in [6.45, 7) is 6.69. The molecule has 1 amide bonds. The molecule has 1 fully saturated rings. The Hall–Kier alpha value is -0.690. The Morgan fingerprint density at radius 2 is 1.94 bits per heavy atom. The lowest BCUT2D eigenvalue weighted by atomic mass is 9.97. The lowest BCUT2D eigenvalue weighted by Crippen LogP contribution is -2.63. The van der Waals surface area contributed by atoms with E-state index in [1.54, 1.807) is 6.92 Å². The third-order valence-electron chi connectivity index (χ3n) is 2.63. The number of hydrogen-bond donors (Lipinski definition) is 3. The Bertz CT molecular complexity index is 271. The number of aliphatic hydroxyl groups excluding tert-OH is 2. The van der Waals surface area contributed by atoms with Crippen molar-refractivity contribution < 1.29 is 24.5 Å². The fraction of sp³-hybridized carbons (Fsp3) is 0.909. The van der Waals surface area contributed by atoms with Gasteiger partial charge in [0.1, 0.15) is 12.2 Å². The number of ether oxygens (including phenoxy) is 2. The molecule has 6 heteroatoms. The highest BCUT2D eigenvalue weighted by Crippen LogP contribution is 2.22. The highest BCUT2D eigenvalue weighted by atomic mass is 16.7.